The summed E-state index contributed by atoms with van der Waals surface area (Å²) in [6.07, 6.45) is -0.545. The van der Waals surface area contributed by atoms with Crippen molar-refractivity contribution in [3.63, 3.8) is 0 Å². The van der Waals surface area contributed by atoms with Gasteiger partial charge in [-0.05, 0) is 19.1 Å². The molecule has 0 rings (SSSR count). The van der Waals surface area contributed by atoms with Crippen LogP contribution in [-0.4, -0.2) is 36.9 Å². The quantitative estimate of drug-likeness (QED) is 0.478. The van der Waals surface area contributed by atoms with Crippen LogP contribution in [0.1, 0.15) is 6.92 Å². The Morgan fingerprint density at radius 3 is 2.58 bits per heavy atom. The lowest BCUT2D eigenvalue weighted by Gasteiger charge is -2.14. The van der Waals surface area contributed by atoms with Gasteiger partial charge in [0.2, 0.25) is 0 Å². The maximum Gasteiger partial charge on any atom is 0.413 e. The van der Waals surface area contributed by atoms with Crippen molar-refractivity contribution >= 4 is 23.4 Å². The second-order valence-electron chi connectivity index (χ2n) is 2.18. The van der Waals surface area contributed by atoms with Crippen molar-refractivity contribution in [3.8, 4) is 0 Å². The average Bonchev–Trinajstić information content (AvgIpc) is 1.84. The van der Waals surface area contributed by atoms with E-state index in [2.05, 4.69) is 15.5 Å². The molecule has 0 unspecified atom stereocenters. The first-order valence-corrected chi connectivity index (χ1v) is 3.88. The third-order valence-electron chi connectivity index (χ3n) is 0.816. The number of ether oxygens (including phenoxy) is 1. The Morgan fingerprint density at radius 1 is 1.58 bits per heavy atom. The van der Waals surface area contributed by atoms with Gasteiger partial charge in [0.1, 0.15) is 0 Å². The summed E-state index contributed by atoms with van der Waals surface area (Å²) >= 11 is 4.76. The molecule has 0 aromatic rings. The van der Waals surface area contributed by atoms with Crippen LogP contribution in [-0.2, 0) is 4.74 Å². The number of carbonyl (C=O) groups excluding carboxylic acids is 1. The number of hydrogen-bond acceptors (Lipinski definition) is 4. The second kappa shape index (κ2) is 5.73. The van der Waals surface area contributed by atoms with Crippen molar-refractivity contribution < 1.29 is 9.53 Å². The van der Waals surface area contributed by atoms with Gasteiger partial charge in [0.25, 0.3) is 0 Å². The van der Waals surface area contributed by atoms with Gasteiger partial charge in [-0.1, -0.05) is 0 Å². The molecule has 1 amide bonds. The highest BCUT2D eigenvalue weighted by atomic mass is 32.1. The molecule has 0 aliphatic carbocycles. The van der Waals surface area contributed by atoms with Crippen LogP contribution in [0.25, 0.3) is 0 Å². The van der Waals surface area contributed by atoms with E-state index >= 15 is 0 Å². The Bertz CT molecular complexity index is 172. The topological polar surface area (TPSA) is 53.6 Å². The summed E-state index contributed by atoms with van der Waals surface area (Å²) in [5, 5.41) is 4.17. The number of alkyl carbamates (subject to hydrolysis) is 1. The Kier molecular flexibility index (Phi) is 5.31. The standard InChI is InChI=1S/C6H13N3O2S/c1-4-11-6(10)7-5(12)8-9(2)3/h4H2,1-3H3,(H2,7,8,10,12). The monoisotopic (exact) mass is 191 g/mol. The van der Waals surface area contributed by atoms with Crippen LogP contribution >= 0.6 is 12.2 Å². The van der Waals surface area contributed by atoms with Crippen molar-refractivity contribution in [3.05, 3.63) is 0 Å². The predicted molar refractivity (Wildman–Crippen MR) is 49.6 cm³/mol. The molecule has 0 spiro atoms. The lowest BCUT2D eigenvalue weighted by molar-refractivity contribution is 0.157. The zero-order chi connectivity index (χ0) is 9.56. The van der Waals surface area contributed by atoms with Crippen LogP contribution in [0.4, 0.5) is 4.79 Å². The van der Waals surface area contributed by atoms with Gasteiger partial charge in [-0.15, -0.1) is 0 Å². The Morgan fingerprint density at radius 2 is 2.17 bits per heavy atom. The van der Waals surface area contributed by atoms with Crippen LogP contribution in [0.2, 0.25) is 0 Å². The summed E-state index contributed by atoms with van der Waals surface area (Å²) in [5.74, 6) is 0. The van der Waals surface area contributed by atoms with Gasteiger partial charge in [-0.2, -0.15) is 0 Å². The van der Waals surface area contributed by atoms with Gasteiger partial charge in [-0.25, -0.2) is 9.80 Å². The number of rotatable bonds is 2. The molecule has 0 saturated carbocycles. The van der Waals surface area contributed by atoms with Gasteiger partial charge >= 0.3 is 6.09 Å². The summed E-state index contributed by atoms with van der Waals surface area (Å²) in [6, 6.07) is 0. The van der Waals surface area contributed by atoms with Crippen LogP contribution in [0.3, 0.4) is 0 Å². The van der Waals surface area contributed by atoms with Crippen molar-refractivity contribution in [2.24, 2.45) is 0 Å². The van der Waals surface area contributed by atoms with E-state index in [0.29, 0.717) is 6.61 Å². The third-order valence-corrected chi connectivity index (χ3v) is 1.01. The van der Waals surface area contributed by atoms with Gasteiger partial charge in [0.05, 0.1) is 6.61 Å². The lowest BCUT2D eigenvalue weighted by Crippen LogP contribution is -2.45. The molecule has 0 aliphatic heterocycles. The molecule has 0 heterocycles. The second-order valence-corrected chi connectivity index (χ2v) is 2.59. The van der Waals surface area contributed by atoms with E-state index in [-0.39, 0.29) is 5.11 Å². The minimum atomic E-state index is -0.545. The van der Waals surface area contributed by atoms with E-state index < -0.39 is 6.09 Å². The van der Waals surface area contributed by atoms with E-state index in [1.54, 1.807) is 26.0 Å². The normalized spacial score (nSPS) is 9.33. The fourth-order valence-electron chi connectivity index (χ4n) is 0.491. The maximum atomic E-state index is 10.8. The Labute approximate surface area is 77.0 Å². The van der Waals surface area contributed by atoms with E-state index in [4.69, 9.17) is 12.2 Å². The largest absolute Gasteiger partial charge is 0.450 e. The molecule has 0 atom stereocenters. The Balaban J connectivity index is 3.62. The molecule has 70 valence electrons. The number of thiocarbonyl (C=S) groups is 1. The minimum Gasteiger partial charge on any atom is -0.450 e. The molecule has 6 heteroatoms. The number of carbonyl (C=O) groups is 1. The summed E-state index contributed by atoms with van der Waals surface area (Å²) in [7, 11) is 3.53. The number of amides is 1. The molecule has 0 aromatic carbocycles. The first kappa shape index (κ1) is 11.1. The summed E-state index contributed by atoms with van der Waals surface area (Å²) < 4.78 is 4.60. The van der Waals surface area contributed by atoms with Gasteiger partial charge < -0.3 is 4.74 Å². The number of nitrogens with one attached hydrogen (secondary N) is 2. The van der Waals surface area contributed by atoms with Gasteiger partial charge in [0.15, 0.2) is 5.11 Å². The number of hydrogen-bond donors (Lipinski definition) is 2. The van der Waals surface area contributed by atoms with E-state index in [0.717, 1.165) is 0 Å². The molecule has 0 radical (unpaired) electrons. The molecule has 12 heavy (non-hydrogen) atoms. The smallest absolute Gasteiger partial charge is 0.413 e. The number of nitrogens with zero attached hydrogens (tertiary/aromatic N) is 1. The lowest BCUT2D eigenvalue weighted by atomic mass is 10.8. The summed E-state index contributed by atoms with van der Waals surface area (Å²) in [6.45, 7) is 2.05. The van der Waals surface area contributed by atoms with Crippen LogP contribution in [0, 0.1) is 0 Å². The van der Waals surface area contributed by atoms with Crippen LogP contribution in [0.5, 0.6) is 0 Å². The minimum absolute atomic E-state index is 0.221. The fourth-order valence-corrected chi connectivity index (χ4v) is 0.757. The maximum absolute atomic E-state index is 10.8. The van der Waals surface area contributed by atoms with Crippen LogP contribution in [0.15, 0.2) is 0 Å². The predicted octanol–water partition coefficient (Wildman–Crippen LogP) is 0.0836. The van der Waals surface area contributed by atoms with E-state index in [9.17, 15) is 4.79 Å². The van der Waals surface area contributed by atoms with E-state index in [1.165, 1.54) is 0 Å². The highest BCUT2D eigenvalue weighted by molar-refractivity contribution is 7.80. The molecule has 0 aromatic heterocycles. The summed E-state index contributed by atoms with van der Waals surface area (Å²) in [5.41, 5.74) is 2.68. The SMILES string of the molecule is CCOC(=O)NC(=S)NN(C)C. The highest BCUT2D eigenvalue weighted by Gasteiger charge is 2.03. The average molecular weight is 191 g/mol. The van der Waals surface area contributed by atoms with Crippen molar-refractivity contribution in [1.29, 1.82) is 0 Å². The fraction of sp³-hybridized carbons (Fsp3) is 0.667. The van der Waals surface area contributed by atoms with Gasteiger partial charge in [0, 0.05) is 14.1 Å². The highest BCUT2D eigenvalue weighted by Crippen LogP contribution is 1.77. The molecule has 0 bridgehead atoms. The van der Waals surface area contributed by atoms with Crippen molar-refractivity contribution in [2.75, 3.05) is 20.7 Å². The molecule has 2 N–H and O–H groups in total. The molecule has 5 nitrogen and oxygen atoms in total. The zero-order valence-electron chi connectivity index (χ0n) is 7.38. The van der Waals surface area contributed by atoms with Gasteiger partial charge in [-0.3, -0.25) is 10.7 Å². The van der Waals surface area contributed by atoms with Crippen molar-refractivity contribution in [1.82, 2.24) is 15.8 Å². The Hall–Kier alpha value is -0.880. The zero-order valence-corrected chi connectivity index (χ0v) is 8.20. The third kappa shape index (κ3) is 5.87. The first-order chi connectivity index (χ1) is 5.56. The molecule has 0 fully saturated rings. The molecular weight excluding hydrogens is 178 g/mol. The molecule has 0 aliphatic rings. The van der Waals surface area contributed by atoms with Crippen LogP contribution < -0.4 is 10.7 Å². The van der Waals surface area contributed by atoms with E-state index in [1.807, 2.05) is 0 Å². The first-order valence-electron chi connectivity index (χ1n) is 3.48. The number of hydrazine groups is 1. The van der Waals surface area contributed by atoms with Crippen molar-refractivity contribution in [2.45, 2.75) is 6.92 Å². The molecule has 0 saturated heterocycles. The molecular formula is C6H13N3O2S. The summed E-state index contributed by atoms with van der Waals surface area (Å²) in [4.78, 5) is 10.8.